The van der Waals surface area contributed by atoms with E-state index >= 15 is 0 Å². The summed E-state index contributed by atoms with van der Waals surface area (Å²) >= 11 is 0. The molecule has 0 unspecified atom stereocenters. The number of rotatable bonds is 4. The monoisotopic (exact) mass is 366 g/mol. The highest BCUT2D eigenvalue weighted by Crippen LogP contribution is 2.40. The lowest BCUT2D eigenvalue weighted by Crippen LogP contribution is -2.49. The summed E-state index contributed by atoms with van der Waals surface area (Å²) in [5.74, 6) is 0.455. The number of hydrogen-bond acceptors (Lipinski definition) is 2. The molecule has 27 heavy (non-hydrogen) atoms. The zero-order valence-corrected chi connectivity index (χ0v) is 16.3. The van der Waals surface area contributed by atoms with E-state index in [0.29, 0.717) is 12.0 Å². The first kappa shape index (κ1) is 18.6. The first-order chi connectivity index (χ1) is 13.2. The minimum atomic E-state index is -0.134. The molecule has 144 valence electrons. The van der Waals surface area contributed by atoms with E-state index in [1.54, 1.807) is 12.1 Å². The van der Waals surface area contributed by atoms with Crippen LogP contribution in [0.15, 0.2) is 54.6 Å². The zero-order valence-electron chi connectivity index (χ0n) is 16.3. The summed E-state index contributed by atoms with van der Waals surface area (Å²) in [6, 6.07) is 18.8. The van der Waals surface area contributed by atoms with Crippen molar-refractivity contribution < 1.29 is 4.39 Å². The summed E-state index contributed by atoms with van der Waals surface area (Å²) in [5.41, 5.74) is 2.88. The number of benzene rings is 2. The van der Waals surface area contributed by atoms with Gasteiger partial charge < -0.3 is 10.2 Å². The van der Waals surface area contributed by atoms with Crippen molar-refractivity contribution in [2.24, 2.45) is 0 Å². The van der Waals surface area contributed by atoms with Gasteiger partial charge in [-0.15, -0.1) is 0 Å². The van der Waals surface area contributed by atoms with Crippen LogP contribution in [0, 0.1) is 5.82 Å². The van der Waals surface area contributed by atoms with E-state index in [1.807, 2.05) is 12.1 Å². The molecule has 0 amide bonds. The zero-order chi connectivity index (χ0) is 18.7. The maximum Gasteiger partial charge on any atom is 0.123 e. The number of piperidine rings is 1. The van der Waals surface area contributed by atoms with Gasteiger partial charge in [0.15, 0.2) is 0 Å². The Labute approximate surface area is 162 Å². The van der Waals surface area contributed by atoms with Crippen molar-refractivity contribution in [2.75, 3.05) is 20.1 Å². The Morgan fingerprint density at radius 2 is 1.52 bits per heavy atom. The summed E-state index contributed by atoms with van der Waals surface area (Å²) in [7, 11) is 2.11. The molecule has 3 heteroatoms. The molecule has 0 spiro atoms. The van der Waals surface area contributed by atoms with Crippen LogP contribution in [0.5, 0.6) is 0 Å². The standard InChI is InChI=1S/C24H31FN2/c1-26-24(21-5-3-2-4-6-21)15-11-23(12-16-24)27-17-13-20(14-18-27)19-7-9-22(25)10-8-19/h2-10,20,23,26H,11-18H2,1H3. The van der Waals surface area contributed by atoms with Crippen molar-refractivity contribution in [1.82, 2.24) is 10.2 Å². The van der Waals surface area contributed by atoms with Crippen LogP contribution in [0.1, 0.15) is 55.6 Å². The van der Waals surface area contributed by atoms with E-state index in [2.05, 4.69) is 47.6 Å². The highest BCUT2D eigenvalue weighted by molar-refractivity contribution is 5.25. The number of nitrogens with zero attached hydrogens (tertiary/aromatic N) is 1. The van der Waals surface area contributed by atoms with Crippen LogP contribution >= 0.6 is 0 Å². The molecule has 2 aliphatic rings. The number of hydrogen-bond donors (Lipinski definition) is 1. The molecule has 2 nitrogen and oxygen atoms in total. The third-order valence-corrected chi connectivity index (χ3v) is 7.00. The Morgan fingerprint density at radius 3 is 2.11 bits per heavy atom. The molecule has 0 atom stereocenters. The summed E-state index contributed by atoms with van der Waals surface area (Å²) in [6.07, 6.45) is 7.32. The maximum atomic E-state index is 13.2. The van der Waals surface area contributed by atoms with Crippen molar-refractivity contribution in [3.63, 3.8) is 0 Å². The Kier molecular flexibility index (Phi) is 5.60. The van der Waals surface area contributed by atoms with Gasteiger partial charge in [-0.3, -0.25) is 0 Å². The van der Waals surface area contributed by atoms with Crippen LogP contribution in [0.4, 0.5) is 4.39 Å². The molecule has 1 aliphatic heterocycles. The van der Waals surface area contributed by atoms with Gasteiger partial charge in [-0.2, -0.15) is 0 Å². The van der Waals surface area contributed by atoms with E-state index < -0.39 is 0 Å². The Morgan fingerprint density at radius 1 is 0.889 bits per heavy atom. The molecule has 2 fully saturated rings. The third kappa shape index (κ3) is 3.95. The van der Waals surface area contributed by atoms with Gasteiger partial charge >= 0.3 is 0 Å². The maximum absolute atomic E-state index is 13.2. The van der Waals surface area contributed by atoms with Crippen molar-refractivity contribution >= 4 is 0 Å². The Hall–Kier alpha value is -1.71. The molecule has 0 radical (unpaired) electrons. The van der Waals surface area contributed by atoms with Crippen LogP contribution in [0.3, 0.4) is 0 Å². The molecule has 1 aliphatic carbocycles. The van der Waals surface area contributed by atoms with Crippen molar-refractivity contribution in [3.05, 3.63) is 71.5 Å². The van der Waals surface area contributed by atoms with Gasteiger partial charge in [0.05, 0.1) is 0 Å². The minimum absolute atomic E-state index is 0.134. The number of halogens is 1. The van der Waals surface area contributed by atoms with Gasteiger partial charge in [0.1, 0.15) is 5.82 Å². The van der Waals surface area contributed by atoms with Crippen molar-refractivity contribution in [3.8, 4) is 0 Å². The average molecular weight is 367 g/mol. The highest BCUT2D eigenvalue weighted by atomic mass is 19.1. The molecule has 0 bridgehead atoms. The van der Waals surface area contributed by atoms with Gasteiger partial charge in [0, 0.05) is 11.6 Å². The van der Waals surface area contributed by atoms with E-state index in [-0.39, 0.29) is 11.4 Å². The van der Waals surface area contributed by atoms with E-state index in [9.17, 15) is 4.39 Å². The fourth-order valence-electron chi connectivity index (χ4n) is 5.23. The van der Waals surface area contributed by atoms with Crippen LogP contribution in [-0.4, -0.2) is 31.1 Å². The van der Waals surface area contributed by atoms with Crippen LogP contribution < -0.4 is 5.32 Å². The summed E-state index contributed by atoms with van der Waals surface area (Å²) in [5, 5.41) is 3.64. The molecule has 1 heterocycles. The van der Waals surface area contributed by atoms with Crippen LogP contribution in [0.25, 0.3) is 0 Å². The van der Waals surface area contributed by atoms with Crippen LogP contribution in [-0.2, 0) is 5.54 Å². The lowest BCUT2D eigenvalue weighted by Gasteiger charge is -2.45. The molecule has 2 aromatic carbocycles. The fourth-order valence-corrected chi connectivity index (χ4v) is 5.23. The van der Waals surface area contributed by atoms with Crippen LogP contribution in [0.2, 0.25) is 0 Å². The average Bonchev–Trinajstić information content (AvgIpc) is 2.75. The molecule has 1 saturated heterocycles. The van der Waals surface area contributed by atoms with Crippen molar-refractivity contribution in [2.45, 2.75) is 56.0 Å². The Balaban J connectivity index is 1.33. The van der Waals surface area contributed by atoms with Gasteiger partial charge in [0.2, 0.25) is 0 Å². The molecular weight excluding hydrogens is 335 g/mol. The predicted molar refractivity (Wildman–Crippen MR) is 109 cm³/mol. The highest BCUT2D eigenvalue weighted by Gasteiger charge is 2.37. The lowest BCUT2D eigenvalue weighted by atomic mass is 9.74. The lowest BCUT2D eigenvalue weighted by molar-refractivity contribution is 0.0900. The number of nitrogens with one attached hydrogen (secondary N) is 1. The topological polar surface area (TPSA) is 15.3 Å². The summed E-state index contributed by atoms with van der Waals surface area (Å²) in [6.45, 7) is 2.34. The number of likely N-dealkylation sites (tertiary alicyclic amines) is 1. The molecule has 0 aromatic heterocycles. The third-order valence-electron chi connectivity index (χ3n) is 7.00. The normalized spacial score (nSPS) is 27.6. The van der Waals surface area contributed by atoms with E-state index in [1.165, 1.54) is 62.7 Å². The molecule has 1 saturated carbocycles. The SMILES string of the molecule is CNC1(c2ccccc2)CCC(N2CCC(c3ccc(F)cc3)CC2)CC1. The predicted octanol–water partition coefficient (Wildman–Crippen LogP) is 5.06. The second-order valence-corrected chi connectivity index (χ2v) is 8.29. The Bertz CT molecular complexity index is 712. The largest absolute Gasteiger partial charge is 0.310 e. The van der Waals surface area contributed by atoms with Crippen molar-refractivity contribution in [1.29, 1.82) is 0 Å². The first-order valence-corrected chi connectivity index (χ1v) is 10.4. The van der Waals surface area contributed by atoms with E-state index in [4.69, 9.17) is 0 Å². The second-order valence-electron chi connectivity index (χ2n) is 8.29. The summed E-state index contributed by atoms with van der Waals surface area (Å²) in [4.78, 5) is 2.71. The molecule has 2 aromatic rings. The summed E-state index contributed by atoms with van der Waals surface area (Å²) < 4.78 is 13.2. The van der Waals surface area contributed by atoms with Gasteiger partial charge in [0.25, 0.3) is 0 Å². The first-order valence-electron chi connectivity index (χ1n) is 10.4. The molecule has 4 rings (SSSR count). The minimum Gasteiger partial charge on any atom is -0.310 e. The fraction of sp³-hybridized carbons (Fsp3) is 0.500. The molecule has 1 N–H and O–H groups in total. The smallest absolute Gasteiger partial charge is 0.123 e. The van der Waals surface area contributed by atoms with Gasteiger partial charge in [-0.05, 0) is 87.8 Å². The van der Waals surface area contributed by atoms with E-state index in [0.717, 1.165) is 0 Å². The second kappa shape index (κ2) is 8.12. The quantitative estimate of drug-likeness (QED) is 0.813. The van der Waals surface area contributed by atoms with Gasteiger partial charge in [-0.25, -0.2) is 4.39 Å². The van der Waals surface area contributed by atoms with Gasteiger partial charge in [-0.1, -0.05) is 42.5 Å². The molecular formula is C24H31FN2.